The average molecular weight is 753 g/mol. The minimum Gasteiger partial charge on any atom is -0.744 e. The van der Waals surface area contributed by atoms with Gasteiger partial charge < -0.3 is 4.55 Å². The molecule has 5 heteroatoms. The Labute approximate surface area is 345 Å². The number of aryl methyl sites for hydroxylation is 1. The van der Waals surface area contributed by atoms with Gasteiger partial charge >= 0.3 is 18.9 Å². The van der Waals surface area contributed by atoms with Crippen molar-refractivity contribution >= 4 is 10.1 Å². The van der Waals surface area contributed by atoms with Crippen molar-refractivity contribution in [1.29, 1.82) is 0 Å². The average Bonchev–Trinajstić information content (AvgIpc) is 3.13. The largest absolute Gasteiger partial charge is 1.00 e. The normalized spacial score (nSPS) is 11.7. The Morgan fingerprint density at radius 3 is 0.887 bits per heavy atom. The van der Waals surface area contributed by atoms with Crippen LogP contribution in [0.1, 0.15) is 269 Å². The van der Waals surface area contributed by atoms with Crippen LogP contribution in [0.3, 0.4) is 0 Å². The van der Waals surface area contributed by atoms with Gasteiger partial charge in [0, 0.05) is 0 Å². The van der Waals surface area contributed by atoms with E-state index in [0.717, 1.165) is 50.5 Å². The second-order valence-electron chi connectivity index (χ2n) is 16.6. The smallest absolute Gasteiger partial charge is 0.744 e. The topological polar surface area (TPSA) is 57.2 Å². The predicted octanol–water partition coefficient (Wildman–Crippen LogP) is 13.3. The van der Waals surface area contributed by atoms with E-state index in [1.54, 1.807) is 6.07 Å². The zero-order chi connectivity index (χ0) is 37.8. The second kappa shape index (κ2) is 38.6. The fourth-order valence-electron chi connectivity index (χ4n) is 8.22. The van der Waals surface area contributed by atoms with Gasteiger partial charge in [-0.25, -0.2) is 8.42 Å². The number of unbranched alkanes of at least 4 members (excludes halogenated alkanes) is 33. The first kappa shape index (κ1) is 52.7. The summed E-state index contributed by atoms with van der Waals surface area (Å²) in [4.78, 5) is 0.0722. The summed E-state index contributed by atoms with van der Waals surface area (Å²) in [6, 6.07) is 3.67. The maximum Gasteiger partial charge on any atom is 1.00 e. The Kier molecular flexibility index (Phi) is 38.4. The van der Waals surface area contributed by atoms with E-state index >= 15 is 0 Å². The van der Waals surface area contributed by atoms with Gasteiger partial charge in [0.1, 0.15) is 10.1 Å². The summed E-state index contributed by atoms with van der Waals surface area (Å²) in [5.74, 6) is 0. The Morgan fingerprint density at radius 2 is 0.604 bits per heavy atom. The molecule has 0 unspecified atom stereocenters. The van der Waals surface area contributed by atoms with Gasteiger partial charge in [-0.2, -0.15) is 0 Å². The third-order valence-electron chi connectivity index (χ3n) is 11.6. The van der Waals surface area contributed by atoms with Crippen LogP contribution < -0.4 is 18.9 Å². The first-order valence-corrected chi connectivity index (χ1v) is 25.0. The van der Waals surface area contributed by atoms with E-state index in [1.165, 1.54) is 217 Å². The SMILES string of the molecule is CCCCCCCCCCCCCCc1ccc(S(=O)(=O)[O-])c(CCCCCCCCCCCCCC)c1CCCCCCCCCCCCCC.[Li+]. The quantitative estimate of drug-likeness (QED) is 0.0381. The molecule has 0 aliphatic heterocycles. The van der Waals surface area contributed by atoms with Crippen LogP contribution in [0.15, 0.2) is 17.0 Å². The van der Waals surface area contributed by atoms with Crippen LogP contribution in [0.4, 0.5) is 0 Å². The molecule has 0 heterocycles. The molecule has 0 atom stereocenters. The van der Waals surface area contributed by atoms with E-state index in [9.17, 15) is 13.0 Å². The summed E-state index contributed by atoms with van der Waals surface area (Å²) < 4.78 is 37.6. The van der Waals surface area contributed by atoms with Crippen LogP contribution in [0, 0.1) is 0 Å². The van der Waals surface area contributed by atoms with Crippen molar-refractivity contribution in [3.05, 3.63) is 28.8 Å². The minimum atomic E-state index is -4.49. The summed E-state index contributed by atoms with van der Waals surface area (Å²) in [5, 5.41) is 0. The third-order valence-corrected chi connectivity index (χ3v) is 12.5. The molecule has 0 amide bonds. The van der Waals surface area contributed by atoms with Gasteiger partial charge in [-0.3, -0.25) is 0 Å². The minimum absolute atomic E-state index is 0. The van der Waals surface area contributed by atoms with Crippen molar-refractivity contribution in [2.45, 2.75) is 276 Å². The van der Waals surface area contributed by atoms with Gasteiger partial charge in [0.25, 0.3) is 0 Å². The standard InChI is InChI=1S/C48H90O3S.Li/c1-4-7-10-13-16-19-22-25-28-31-34-37-40-45-43-44-48(52(49,50)51)47(42-39-36-33-30-27-24-21-18-15-12-9-6-3)46(45)41-38-35-32-29-26-23-20-17-14-11-8-5-2;/h43-44H,4-42H2,1-3H3,(H,49,50,51);/q;+1/p-1. The Bertz CT molecular complexity index is 1020. The van der Waals surface area contributed by atoms with E-state index in [-0.39, 0.29) is 23.8 Å². The molecule has 1 aromatic carbocycles. The molecule has 0 aromatic heterocycles. The first-order valence-electron chi connectivity index (χ1n) is 23.5. The fraction of sp³-hybridized carbons (Fsp3) is 0.875. The molecule has 306 valence electrons. The maximum absolute atomic E-state index is 12.5. The molecule has 0 aliphatic rings. The molecule has 0 fully saturated rings. The van der Waals surface area contributed by atoms with Crippen LogP contribution in [-0.4, -0.2) is 13.0 Å². The van der Waals surface area contributed by atoms with Crippen molar-refractivity contribution in [1.82, 2.24) is 0 Å². The zero-order valence-corrected chi connectivity index (χ0v) is 37.2. The van der Waals surface area contributed by atoms with E-state index in [2.05, 4.69) is 20.8 Å². The van der Waals surface area contributed by atoms with E-state index in [4.69, 9.17) is 0 Å². The molecule has 0 saturated heterocycles. The van der Waals surface area contributed by atoms with Crippen molar-refractivity contribution < 1.29 is 31.8 Å². The van der Waals surface area contributed by atoms with Crippen molar-refractivity contribution in [3.63, 3.8) is 0 Å². The van der Waals surface area contributed by atoms with Gasteiger partial charge in [-0.05, 0) is 61.3 Å². The van der Waals surface area contributed by atoms with Crippen LogP contribution >= 0.6 is 0 Å². The summed E-state index contributed by atoms with van der Waals surface area (Å²) in [5.41, 5.74) is 3.41. The Balaban J connectivity index is 0.0000270. The molecule has 0 aliphatic carbocycles. The van der Waals surface area contributed by atoms with E-state index < -0.39 is 10.1 Å². The molecule has 0 spiro atoms. The zero-order valence-electron chi connectivity index (χ0n) is 36.4. The first-order chi connectivity index (χ1) is 25.5. The molecular formula is C48H89LiO3S. The van der Waals surface area contributed by atoms with Gasteiger partial charge in [-0.15, -0.1) is 0 Å². The Morgan fingerprint density at radius 1 is 0.358 bits per heavy atom. The fourth-order valence-corrected chi connectivity index (χ4v) is 8.98. The van der Waals surface area contributed by atoms with Crippen LogP contribution in [0.5, 0.6) is 0 Å². The van der Waals surface area contributed by atoms with Crippen molar-refractivity contribution in [2.75, 3.05) is 0 Å². The van der Waals surface area contributed by atoms with Crippen LogP contribution in [0.2, 0.25) is 0 Å². The molecule has 53 heavy (non-hydrogen) atoms. The van der Waals surface area contributed by atoms with Crippen LogP contribution in [-0.2, 0) is 29.4 Å². The van der Waals surface area contributed by atoms with E-state index in [0.29, 0.717) is 0 Å². The summed E-state index contributed by atoms with van der Waals surface area (Å²) in [6.07, 6.45) is 50.0. The molecule has 0 bridgehead atoms. The summed E-state index contributed by atoms with van der Waals surface area (Å²) in [7, 11) is -4.49. The van der Waals surface area contributed by atoms with Crippen LogP contribution in [0.25, 0.3) is 0 Å². The molecule has 0 N–H and O–H groups in total. The van der Waals surface area contributed by atoms with Gasteiger partial charge in [0.05, 0.1) is 4.90 Å². The third kappa shape index (κ3) is 30.5. The van der Waals surface area contributed by atoms with E-state index in [1.807, 2.05) is 6.07 Å². The van der Waals surface area contributed by atoms with Crippen molar-refractivity contribution in [2.24, 2.45) is 0 Å². The summed E-state index contributed by atoms with van der Waals surface area (Å²) >= 11 is 0. The molecule has 1 rings (SSSR count). The maximum atomic E-state index is 12.5. The number of rotatable bonds is 40. The monoisotopic (exact) mass is 753 g/mol. The van der Waals surface area contributed by atoms with Gasteiger partial charge in [0.15, 0.2) is 0 Å². The summed E-state index contributed by atoms with van der Waals surface area (Å²) in [6.45, 7) is 6.84. The number of hydrogen-bond acceptors (Lipinski definition) is 3. The molecule has 1 aromatic rings. The molecule has 0 radical (unpaired) electrons. The molecule has 3 nitrogen and oxygen atoms in total. The van der Waals surface area contributed by atoms with Crippen molar-refractivity contribution in [3.8, 4) is 0 Å². The molecular weight excluding hydrogens is 664 g/mol. The van der Waals surface area contributed by atoms with Gasteiger partial charge in [0.2, 0.25) is 0 Å². The number of benzene rings is 1. The second-order valence-corrected chi connectivity index (χ2v) is 17.9. The predicted molar refractivity (Wildman–Crippen MR) is 229 cm³/mol. The molecule has 0 saturated carbocycles. The van der Waals surface area contributed by atoms with Gasteiger partial charge in [-0.1, -0.05) is 239 Å². The number of hydrogen-bond donors (Lipinski definition) is 0. The Hall–Kier alpha value is -0.273.